The van der Waals surface area contributed by atoms with Crippen LogP contribution in [0.5, 0.6) is 5.75 Å². The minimum atomic E-state index is -3.00. The molecule has 0 radical (unpaired) electrons. The zero-order chi connectivity index (χ0) is 18.0. The molecule has 6 nitrogen and oxygen atoms in total. The third kappa shape index (κ3) is 4.41. The van der Waals surface area contributed by atoms with Crippen LogP contribution >= 0.6 is 0 Å². The van der Waals surface area contributed by atoms with Crippen molar-refractivity contribution in [2.45, 2.75) is 31.7 Å². The zero-order valence-corrected chi connectivity index (χ0v) is 15.5. The zero-order valence-electron chi connectivity index (χ0n) is 14.7. The highest BCUT2D eigenvalue weighted by molar-refractivity contribution is 7.91. The van der Waals surface area contributed by atoms with Crippen molar-refractivity contribution < 1.29 is 17.9 Å². The second kappa shape index (κ2) is 7.01. The van der Waals surface area contributed by atoms with Gasteiger partial charge >= 0.3 is 6.03 Å². The van der Waals surface area contributed by atoms with Crippen LogP contribution in [0.4, 0.5) is 4.79 Å². The highest BCUT2D eigenvalue weighted by Gasteiger charge is 2.33. The van der Waals surface area contributed by atoms with Gasteiger partial charge in [-0.1, -0.05) is 26.0 Å². The molecule has 1 unspecified atom stereocenters. The summed E-state index contributed by atoms with van der Waals surface area (Å²) in [6.45, 7) is 4.56. The second-order valence-electron chi connectivity index (χ2n) is 6.94. The van der Waals surface area contributed by atoms with Gasteiger partial charge in [-0.15, -0.1) is 0 Å². The van der Waals surface area contributed by atoms with Gasteiger partial charge in [-0.3, -0.25) is 0 Å². The molecule has 1 atom stereocenters. The van der Waals surface area contributed by atoms with Gasteiger partial charge < -0.3 is 15.0 Å². The number of amides is 2. The van der Waals surface area contributed by atoms with Gasteiger partial charge in [0, 0.05) is 25.0 Å². The Hall–Kier alpha value is -1.76. The van der Waals surface area contributed by atoms with Crippen molar-refractivity contribution in [1.29, 1.82) is 0 Å². The number of nitrogens with one attached hydrogen (secondary N) is 1. The van der Waals surface area contributed by atoms with Crippen LogP contribution in [0.15, 0.2) is 24.3 Å². The highest BCUT2D eigenvalue weighted by atomic mass is 32.2. The first-order chi connectivity index (χ1) is 11.1. The molecular formula is C17H26N2O4S. The molecule has 0 aliphatic carbocycles. The van der Waals surface area contributed by atoms with Gasteiger partial charge in [0.1, 0.15) is 5.75 Å². The molecule has 1 heterocycles. The van der Waals surface area contributed by atoms with Gasteiger partial charge in [0.2, 0.25) is 0 Å². The summed E-state index contributed by atoms with van der Waals surface area (Å²) in [7, 11) is 0.278. The standard InChI is InChI=1S/C17H26N2O4S/c1-17(2,13-5-7-15(23-4)8-6-13)12-18-16(20)19(3)14-9-10-24(21,22)11-14/h5-8,14H,9-12H2,1-4H3,(H,18,20). The molecule has 2 amide bonds. The molecule has 1 saturated heterocycles. The molecule has 7 heteroatoms. The Morgan fingerprint density at radius 2 is 1.96 bits per heavy atom. The van der Waals surface area contributed by atoms with Crippen LogP contribution in [0.25, 0.3) is 0 Å². The molecule has 0 bridgehead atoms. The van der Waals surface area contributed by atoms with Crippen molar-refractivity contribution in [1.82, 2.24) is 10.2 Å². The Labute approximate surface area is 144 Å². The number of urea groups is 1. The number of carbonyl (C=O) groups excluding carboxylic acids is 1. The van der Waals surface area contributed by atoms with E-state index in [4.69, 9.17) is 4.74 Å². The predicted octanol–water partition coefficient (Wildman–Crippen LogP) is 1.80. The van der Waals surface area contributed by atoms with Gasteiger partial charge in [-0.05, 0) is 24.1 Å². The van der Waals surface area contributed by atoms with E-state index < -0.39 is 9.84 Å². The molecule has 2 rings (SSSR count). The third-order valence-corrected chi connectivity index (χ3v) is 6.38. The van der Waals surface area contributed by atoms with Crippen LogP contribution in [-0.4, -0.2) is 57.6 Å². The van der Waals surface area contributed by atoms with Crippen LogP contribution in [0, 0.1) is 0 Å². The van der Waals surface area contributed by atoms with Gasteiger partial charge in [0.05, 0.1) is 18.6 Å². The summed E-state index contributed by atoms with van der Waals surface area (Å²) < 4.78 is 28.3. The lowest BCUT2D eigenvalue weighted by atomic mass is 9.84. The van der Waals surface area contributed by atoms with Gasteiger partial charge in [-0.25, -0.2) is 13.2 Å². The number of sulfone groups is 1. The maximum Gasteiger partial charge on any atom is 0.317 e. The lowest BCUT2D eigenvalue weighted by molar-refractivity contribution is 0.192. The first-order valence-corrected chi connectivity index (χ1v) is 9.82. The van der Waals surface area contributed by atoms with Crippen LogP contribution < -0.4 is 10.1 Å². The summed E-state index contributed by atoms with van der Waals surface area (Å²) in [4.78, 5) is 13.8. The van der Waals surface area contributed by atoms with Crippen molar-refractivity contribution in [3.63, 3.8) is 0 Å². The lowest BCUT2D eigenvalue weighted by Crippen LogP contribution is -2.47. The summed E-state index contributed by atoms with van der Waals surface area (Å²) in [6, 6.07) is 7.29. The molecule has 1 fully saturated rings. The molecule has 1 aromatic rings. The molecule has 0 saturated carbocycles. The summed E-state index contributed by atoms with van der Waals surface area (Å²) >= 11 is 0. The number of carbonyl (C=O) groups is 1. The van der Waals surface area contributed by atoms with Crippen molar-refractivity contribution in [3.05, 3.63) is 29.8 Å². The lowest BCUT2D eigenvalue weighted by Gasteiger charge is -2.29. The van der Waals surface area contributed by atoms with E-state index in [9.17, 15) is 13.2 Å². The van der Waals surface area contributed by atoms with Crippen LogP contribution in [-0.2, 0) is 15.3 Å². The van der Waals surface area contributed by atoms with Crippen molar-refractivity contribution in [2.75, 3.05) is 32.2 Å². The average Bonchev–Trinajstić information content (AvgIpc) is 2.92. The Kier molecular flexibility index (Phi) is 5.42. The number of benzene rings is 1. The molecule has 1 aromatic carbocycles. The smallest absolute Gasteiger partial charge is 0.317 e. The van der Waals surface area contributed by atoms with Crippen LogP contribution in [0.3, 0.4) is 0 Å². The fourth-order valence-electron chi connectivity index (χ4n) is 2.81. The number of methoxy groups -OCH3 is 1. The van der Waals surface area contributed by atoms with E-state index >= 15 is 0 Å². The number of hydrogen-bond acceptors (Lipinski definition) is 4. The summed E-state index contributed by atoms with van der Waals surface area (Å²) in [5, 5.41) is 2.91. The van der Waals surface area contributed by atoms with Gasteiger partial charge in [-0.2, -0.15) is 0 Å². The average molecular weight is 354 g/mol. The first kappa shape index (κ1) is 18.6. The maximum atomic E-state index is 12.3. The van der Waals surface area contributed by atoms with Gasteiger partial charge in [0.25, 0.3) is 0 Å². The Bertz CT molecular complexity index is 683. The topological polar surface area (TPSA) is 75.7 Å². The first-order valence-electron chi connectivity index (χ1n) is 8.00. The van der Waals surface area contributed by atoms with Crippen LogP contribution in [0.2, 0.25) is 0 Å². The largest absolute Gasteiger partial charge is 0.497 e. The molecule has 24 heavy (non-hydrogen) atoms. The third-order valence-electron chi connectivity index (χ3n) is 4.63. The molecule has 1 aliphatic rings. The summed E-state index contributed by atoms with van der Waals surface area (Å²) in [6.07, 6.45) is 0.508. The fourth-order valence-corrected chi connectivity index (χ4v) is 4.59. The molecular weight excluding hydrogens is 328 g/mol. The molecule has 1 N–H and O–H groups in total. The molecule has 1 aliphatic heterocycles. The van der Waals surface area contributed by atoms with E-state index in [0.717, 1.165) is 11.3 Å². The maximum absolute atomic E-state index is 12.3. The second-order valence-corrected chi connectivity index (χ2v) is 9.17. The SMILES string of the molecule is COc1ccc(C(C)(C)CNC(=O)N(C)C2CCS(=O)(=O)C2)cc1. The van der Waals surface area contributed by atoms with Crippen molar-refractivity contribution in [3.8, 4) is 5.75 Å². The number of ether oxygens (including phenoxy) is 1. The van der Waals surface area contributed by atoms with E-state index in [2.05, 4.69) is 19.2 Å². The minimum Gasteiger partial charge on any atom is -0.497 e. The highest BCUT2D eigenvalue weighted by Crippen LogP contribution is 2.25. The van der Waals surface area contributed by atoms with Crippen molar-refractivity contribution >= 4 is 15.9 Å². The van der Waals surface area contributed by atoms with Gasteiger partial charge in [0.15, 0.2) is 9.84 Å². The number of hydrogen-bond donors (Lipinski definition) is 1. The normalized spacial score (nSPS) is 19.8. The van der Waals surface area contributed by atoms with E-state index in [-0.39, 0.29) is 29.0 Å². The molecule has 0 aromatic heterocycles. The quantitative estimate of drug-likeness (QED) is 0.875. The van der Waals surface area contributed by atoms with E-state index in [1.807, 2.05) is 24.3 Å². The van der Waals surface area contributed by atoms with E-state index in [1.54, 1.807) is 14.2 Å². The number of rotatable bonds is 5. The Balaban J connectivity index is 1.94. The monoisotopic (exact) mass is 354 g/mol. The Morgan fingerprint density at radius 1 is 1.33 bits per heavy atom. The minimum absolute atomic E-state index is 0.0544. The van der Waals surface area contributed by atoms with E-state index in [1.165, 1.54) is 4.90 Å². The van der Waals surface area contributed by atoms with Crippen LogP contribution in [0.1, 0.15) is 25.8 Å². The fraction of sp³-hybridized carbons (Fsp3) is 0.588. The molecule has 0 spiro atoms. The van der Waals surface area contributed by atoms with E-state index in [0.29, 0.717) is 13.0 Å². The predicted molar refractivity (Wildman–Crippen MR) is 94.2 cm³/mol. The molecule has 134 valence electrons. The summed E-state index contributed by atoms with van der Waals surface area (Å²) in [5.41, 5.74) is 0.847. The Morgan fingerprint density at radius 3 is 2.46 bits per heavy atom. The van der Waals surface area contributed by atoms with Crippen molar-refractivity contribution in [2.24, 2.45) is 0 Å². The summed E-state index contributed by atoms with van der Waals surface area (Å²) in [5.74, 6) is 1.01. The number of nitrogens with zero attached hydrogens (tertiary/aromatic N) is 1.